The third-order valence-electron chi connectivity index (χ3n) is 25.2. The predicted molar refractivity (Wildman–Crippen MR) is 481 cm³/mol. The molecular formula is C108H72N4O4S. The first-order valence-electron chi connectivity index (χ1n) is 39.7. The van der Waals surface area contributed by atoms with Crippen LogP contribution in [0, 0.1) is 0 Å². The molecule has 0 saturated carbocycles. The lowest BCUT2D eigenvalue weighted by Gasteiger charge is -2.34. The van der Waals surface area contributed by atoms with E-state index in [1.54, 1.807) is 39.8 Å². The molecule has 21 aromatic rings. The molecule has 0 fully saturated rings. The van der Waals surface area contributed by atoms with Crippen LogP contribution in [-0.2, 0) is 10.8 Å². The van der Waals surface area contributed by atoms with Gasteiger partial charge in [-0.15, -0.1) is 11.3 Å². The average molecular weight is 1520 g/mol. The van der Waals surface area contributed by atoms with E-state index in [0.29, 0.717) is 0 Å². The number of benzene rings is 17. The van der Waals surface area contributed by atoms with Gasteiger partial charge in [-0.2, -0.15) is 0 Å². The topological polar surface area (TPSA) is 72.6 Å². The van der Waals surface area contributed by atoms with Crippen LogP contribution in [0.1, 0.15) is 44.5 Å². The molecule has 0 bridgehead atoms. The van der Waals surface area contributed by atoms with Gasteiger partial charge in [-0.3, -0.25) is 0 Å². The van der Waals surface area contributed by atoms with Crippen LogP contribution in [0.15, 0.2) is 364 Å². The number of para-hydroxylation sites is 6. The summed E-state index contributed by atoms with van der Waals surface area (Å²) in [5, 5.41) is 8.98. The highest BCUT2D eigenvalue weighted by Crippen LogP contribution is 2.63. The Morgan fingerprint density at radius 3 is 0.872 bits per heavy atom. The van der Waals surface area contributed by atoms with Crippen molar-refractivity contribution >= 4 is 98.6 Å². The zero-order chi connectivity index (χ0) is 77.8. The molecule has 0 amide bonds. The van der Waals surface area contributed by atoms with Gasteiger partial charge >= 0.3 is 0 Å². The van der Waals surface area contributed by atoms with Gasteiger partial charge in [0.2, 0.25) is 0 Å². The van der Waals surface area contributed by atoms with Crippen LogP contribution in [0.25, 0.3) is 164 Å². The normalized spacial score (nSPS) is 13.1. The summed E-state index contributed by atoms with van der Waals surface area (Å²) in [5.74, 6) is 3.14. The third-order valence-corrected chi connectivity index (χ3v) is 26.4. The van der Waals surface area contributed by atoms with Crippen molar-refractivity contribution in [3.63, 3.8) is 0 Å². The fraction of sp³-hybridized carbons (Fsp3) is 0.0556. The number of methoxy groups -OCH3 is 4. The van der Waals surface area contributed by atoms with E-state index in [-0.39, 0.29) is 0 Å². The Morgan fingerprint density at radius 1 is 0.239 bits per heavy atom. The van der Waals surface area contributed by atoms with E-state index >= 15 is 0 Å². The molecule has 17 aromatic carbocycles. The van der Waals surface area contributed by atoms with Crippen LogP contribution in [0.4, 0.5) is 0 Å². The second-order valence-electron chi connectivity index (χ2n) is 30.6. The molecule has 2 aliphatic rings. The molecule has 0 N–H and O–H groups in total. The highest BCUT2D eigenvalue weighted by Gasteiger charge is 2.50. The maximum Gasteiger partial charge on any atom is 0.118 e. The molecule has 0 unspecified atom stereocenters. The molecule has 554 valence electrons. The van der Waals surface area contributed by atoms with Gasteiger partial charge in [-0.25, -0.2) is 9.97 Å². The van der Waals surface area contributed by atoms with E-state index in [2.05, 4.69) is 373 Å². The van der Waals surface area contributed by atoms with Gasteiger partial charge in [0, 0.05) is 54.6 Å². The van der Waals surface area contributed by atoms with Gasteiger partial charge in [0.15, 0.2) is 0 Å². The molecule has 0 atom stereocenters. The predicted octanol–water partition coefficient (Wildman–Crippen LogP) is 26.8. The lowest BCUT2D eigenvalue weighted by atomic mass is 9.67. The quantitative estimate of drug-likeness (QED) is 0.101. The van der Waals surface area contributed by atoms with Gasteiger partial charge in [-0.1, -0.05) is 267 Å². The zero-order valence-corrected chi connectivity index (χ0v) is 65.3. The van der Waals surface area contributed by atoms with Crippen molar-refractivity contribution in [2.45, 2.75) is 10.8 Å². The van der Waals surface area contributed by atoms with E-state index in [9.17, 15) is 0 Å². The summed E-state index contributed by atoms with van der Waals surface area (Å²) in [5.41, 5.74) is 28.5. The van der Waals surface area contributed by atoms with Crippen LogP contribution >= 0.6 is 11.3 Å². The Hall–Kier alpha value is -14.6. The van der Waals surface area contributed by atoms with Crippen molar-refractivity contribution in [3.05, 3.63) is 408 Å². The summed E-state index contributed by atoms with van der Waals surface area (Å²) < 4.78 is 28.5. The van der Waals surface area contributed by atoms with Crippen molar-refractivity contribution in [2.75, 3.05) is 28.4 Å². The Morgan fingerprint density at radius 2 is 0.530 bits per heavy atom. The average Bonchev–Trinajstić information content (AvgIpc) is 1.52. The molecule has 0 saturated heterocycles. The summed E-state index contributed by atoms with van der Waals surface area (Å²) in [6.45, 7) is 0. The maximum atomic E-state index is 6.45. The number of rotatable bonds is 14. The Balaban J connectivity index is 0.853. The Bertz CT molecular complexity index is 7030. The number of aromatic nitrogens is 4. The van der Waals surface area contributed by atoms with E-state index in [4.69, 9.17) is 28.9 Å². The summed E-state index contributed by atoms with van der Waals surface area (Å²) in [6.07, 6.45) is 0. The SMILES string of the molecule is COc1ccc(C2(c3ccc(OC)cc3)c3ccccc3-c3c(-c4sc(-c5cccc6c5-c5ccccc5C6(c5ccc(OC)cc5)c5ccc(OC)cc5)c5nc6c7cc(-c8ccccc8-n8c9ccccc9c9ccccc98)ccc7c7ccc(-c8ccccc8-n8c9ccccc9c9ccccc98)cc7c6nc45)cccc32)cc1. The van der Waals surface area contributed by atoms with Crippen molar-refractivity contribution in [1.29, 1.82) is 0 Å². The van der Waals surface area contributed by atoms with Crippen LogP contribution in [0.3, 0.4) is 0 Å². The van der Waals surface area contributed by atoms with Gasteiger partial charge in [0.25, 0.3) is 0 Å². The number of ether oxygens (including phenoxy) is 4. The third kappa shape index (κ3) is 9.81. The van der Waals surface area contributed by atoms with Crippen LogP contribution in [0.2, 0.25) is 0 Å². The highest BCUT2D eigenvalue weighted by molar-refractivity contribution is 7.21. The minimum absolute atomic E-state index is 0.785. The number of fused-ring (bicyclic) bond motifs is 19. The second kappa shape index (κ2) is 26.5. The molecule has 4 heterocycles. The smallest absolute Gasteiger partial charge is 0.118 e. The van der Waals surface area contributed by atoms with E-state index in [1.165, 1.54) is 32.7 Å². The molecule has 0 aliphatic heterocycles. The Kier molecular flexibility index (Phi) is 15.4. The maximum absolute atomic E-state index is 6.45. The number of thiophene rings is 1. The standard InChI is InChI=1S/C108H72N4O4S/c1-113-71-53-45-67(46-54-71)107(68-47-55-72(114-2)56-48-68)89-33-13-5-29-83(89)99-85(31-21-35-91(99)107)105-103-104(106(117-105)86-32-22-36-92-100(86)84-30-6-14-34-90(84)108(92,69-49-57-73(115-3)58-50-69)70-51-59-74(116-4)60-52-70)110-102-88-64-66(76-24-8-16-38-94(76)112-97-41-19-11-27-81(97)82-28-12-20-42-98(82)112)44-62-78(88)77-61-43-65(63-87(77)101(102)109-103)75-23-7-15-37-93(75)111-95-39-17-9-25-79(95)80-26-10-18-40-96(80)111/h5-64H,1-4H3. The van der Waals surface area contributed by atoms with Crippen LogP contribution in [-0.4, -0.2) is 47.5 Å². The molecule has 0 radical (unpaired) electrons. The minimum Gasteiger partial charge on any atom is -0.497 e. The van der Waals surface area contributed by atoms with E-state index < -0.39 is 10.8 Å². The number of hydrogen-bond acceptors (Lipinski definition) is 7. The number of nitrogens with zero attached hydrogens (tertiary/aromatic N) is 4. The van der Waals surface area contributed by atoms with Crippen molar-refractivity contribution < 1.29 is 18.9 Å². The summed E-state index contributed by atoms with van der Waals surface area (Å²) in [4.78, 5) is 14.9. The van der Waals surface area contributed by atoms with Gasteiger partial charge < -0.3 is 28.1 Å². The number of hydrogen-bond donors (Lipinski definition) is 0. The first kappa shape index (κ1) is 68.0. The van der Waals surface area contributed by atoms with Crippen molar-refractivity contribution in [3.8, 4) is 99.8 Å². The molecule has 8 nitrogen and oxygen atoms in total. The molecular weight excluding hydrogens is 1450 g/mol. The molecule has 23 rings (SSSR count). The van der Waals surface area contributed by atoms with Crippen LogP contribution < -0.4 is 18.9 Å². The molecule has 2 aliphatic carbocycles. The second-order valence-corrected chi connectivity index (χ2v) is 31.7. The zero-order valence-electron chi connectivity index (χ0n) is 64.5. The first-order chi connectivity index (χ1) is 57.8. The van der Waals surface area contributed by atoms with Gasteiger partial charge in [-0.05, 0) is 186 Å². The van der Waals surface area contributed by atoms with Crippen LogP contribution in [0.5, 0.6) is 23.0 Å². The molecule has 9 heteroatoms. The van der Waals surface area contributed by atoms with Gasteiger partial charge in [0.05, 0.1) is 93.5 Å². The first-order valence-corrected chi connectivity index (χ1v) is 40.5. The highest BCUT2D eigenvalue weighted by atomic mass is 32.1. The minimum atomic E-state index is -0.788. The lowest BCUT2D eigenvalue weighted by Crippen LogP contribution is -2.28. The van der Waals surface area contributed by atoms with Crippen molar-refractivity contribution in [2.24, 2.45) is 0 Å². The summed E-state index contributed by atoms with van der Waals surface area (Å²) in [7, 11) is 6.93. The fourth-order valence-electron chi connectivity index (χ4n) is 20.1. The van der Waals surface area contributed by atoms with E-state index in [1.807, 2.05) is 0 Å². The molecule has 0 spiro atoms. The van der Waals surface area contributed by atoms with Gasteiger partial charge in [0.1, 0.15) is 34.0 Å². The fourth-order valence-corrected chi connectivity index (χ4v) is 21.4. The molecule has 117 heavy (non-hydrogen) atoms. The molecule has 4 aromatic heterocycles. The summed E-state index contributed by atoms with van der Waals surface area (Å²) in [6, 6.07) is 134. The van der Waals surface area contributed by atoms with E-state index in [0.717, 1.165) is 199 Å². The largest absolute Gasteiger partial charge is 0.497 e. The van der Waals surface area contributed by atoms with Crippen molar-refractivity contribution in [1.82, 2.24) is 19.1 Å². The lowest BCUT2D eigenvalue weighted by molar-refractivity contribution is 0.414. The Labute approximate surface area is 679 Å². The monoisotopic (exact) mass is 1520 g/mol. The summed E-state index contributed by atoms with van der Waals surface area (Å²) >= 11 is 1.79.